The van der Waals surface area contributed by atoms with Gasteiger partial charge in [-0.3, -0.25) is 4.99 Å². The standard InChI is InChI=1S/C15H32N4.HI/c1-4-5-9-17-15(16-3)18-10-6-11-19-12-7-14(2)8-13-19;/h14H,4-13H2,1-3H3,(H2,16,17,18);1H. The number of piperidine rings is 1. The first-order chi connectivity index (χ1) is 9.26. The van der Waals surface area contributed by atoms with Gasteiger partial charge < -0.3 is 15.5 Å². The normalized spacial score (nSPS) is 17.6. The van der Waals surface area contributed by atoms with Gasteiger partial charge in [0.25, 0.3) is 0 Å². The lowest BCUT2D eigenvalue weighted by Gasteiger charge is -2.30. The van der Waals surface area contributed by atoms with Crippen LogP contribution in [-0.4, -0.2) is 50.6 Å². The van der Waals surface area contributed by atoms with E-state index in [9.17, 15) is 0 Å². The smallest absolute Gasteiger partial charge is 0.190 e. The third-order valence-corrected chi connectivity index (χ3v) is 3.87. The highest BCUT2D eigenvalue weighted by molar-refractivity contribution is 14.0. The number of aliphatic imine (C=N–C) groups is 1. The molecule has 120 valence electrons. The van der Waals surface area contributed by atoms with Crippen LogP contribution in [0.3, 0.4) is 0 Å². The molecule has 0 spiro atoms. The fourth-order valence-corrected chi connectivity index (χ4v) is 2.40. The monoisotopic (exact) mass is 396 g/mol. The Morgan fingerprint density at radius 2 is 1.75 bits per heavy atom. The van der Waals surface area contributed by atoms with Gasteiger partial charge in [0, 0.05) is 20.1 Å². The van der Waals surface area contributed by atoms with E-state index >= 15 is 0 Å². The van der Waals surface area contributed by atoms with Crippen molar-refractivity contribution < 1.29 is 0 Å². The molecule has 2 N–H and O–H groups in total. The first-order valence-corrected chi connectivity index (χ1v) is 7.93. The van der Waals surface area contributed by atoms with E-state index in [4.69, 9.17) is 0 Å². The molecule has 0 unspecified atom stereocenters. The Balaban J connectivity index is 0.00000361. The van der Waals surface area contributed by atoms with Crippen molar-refractivity contribution in [1.82, 2.24) is 15.5 Å². The van der Waals surface area contributed by atoms with Crippen molar-refractivity contribution in [2.45, 2.75) is 46.0 Å². The summed E-state index contributed by atoms with van der Waals surface area (Å²) in [6.07, 6.45) is 6.36. The van der Waals surface area contributed by atoms with Gasteiger partial charge in [-0.15, -0.1) is 24.0 Å². The molecule has 1 heterocycles. The van der Waals surface area contributed by atoms with Crippen molar-refractivity contribution in [3.63, 3.8) is 0 Å². The summed E-state index contributed by atoms with van der Waals surface area (Å²) >= 11 is 0. The van der Waals surface area contributed by atoms with Crippen LogP contribution in [-0.2, 0) is 0 Å². The van der Waals surface area contributed by atoms with Crippen LogP contribution in [0.2, 0.25) is 0 Å². The zero-order valence-corrected chi connectivity index (χ0v) is 15.8. The van der Waals surface area contributed by atoms with E-state index in [1.807, 2.05) is 7.05 Å². The predicted octanol–water partition coefficient (Wildman–Crippen LogP) is 2.69. The molecule has 0 atom stereocenters. The van der Waals surface area contributed by atoms with E-state index in [1.54, 1.807) is 0 Å². The topological polar surface area (TPSA) is 39.7 Å². The number of hydrogen-bond acceptors (Lipinski definition) is 2. The molecule has 1 fully saturated rings. The molecule has 0 bridgehead atoms. The highest BCUT2D eigenvalue weighted by Crippen LogP contribution is 2.15. The molecule has 20 heavy (non-hydrogen) atoms. The predicted molar refractivity (Wildman–Crippen MR) is 99.1 cm³/mol. The van der Waals surface area contributed by atoms with Gasteiger partial charge in [-0.1, -0.05) is 20.3 Å². The van der Waals surface area contributed by atoms with E-state index in [2.05, 4.69) is 34.4 Å². The highest BCUT2D eigenvalue weighted by Gasteiger charge is 2.14. The molecule has 0 aromatic rings. The lowest BCUT2D eigenvalue weighted by Crippen LogP contribution is -2.40. The van der Waals surface area contributed by atoms with E-state index in [0.717, 1.165) is 25.0 Å². The van der Waals surface area contributed by atoms with Crippen molar-refractivity contribution in [3.8, 4) is 0 Å². The lowest BCUT2D eigenvalue weighted by atomic mass is 9.99. The second kappa shape index (κ2) is 12.7. The molecular formula is C15H33IN4. The number of likely N-dealkylation sites (tertiary alicyclic amines) is 1. The number of rotatable bonds is 7. The Morgan fingerprint density at radius 1 is 1.15 bits per heavy atom. The maximum absolute atomic E-state index is 4.23. The molecule has 5 heteroatoms. The SMILES string of the molecule is CCCCNC(=NC)NCCCN1CCC(C)CC1.I. The van der Waals surface area contributed by atoms with Crippen molar-refractivity contribution in [3.05, 3.63) is 0 Å². The third kappa shape index (κ3) is 9.00. The Kier molecular flexibility index (Phi) is 12.7. The molecule has 0 aromatic heterocycles. The van der Waals surface area contributed by atoms with Crippen LogP contribution < -0.4 is 10.6 Å². The minimum absolute atomic E-state index is 0. The first-order valence-electron chi connectivity index (χ1n) is 7.93. The summed E-state index contributed by atoms with van der Waals surface area (Å²) in [5.74, 6) is 1.87. The Bertz CT molecular complexity index is 250. The molecule has 0 aliphatic carbocycles. The van der Waals surface area contributed by atoms with Crippen LogP contribution in [0.15, 0.2) is 4.99 Å². The van der Waals surface area contributed by atoms with Crippen LogP contribution in [0.1, 0.15) is 46.0 Å². The fraction of sp³-hybridized carbons (Fsp3) is 0.933. The number of unbranched alkanes of at least 4 members (excludes halogenated alkanes) is 1. The molecular weight excluding hydrogens is 363 g/mol. The van der Waals surface area contributed by atoms with Gasteiger partial charge in [0.05, 0.1) is 0 Å². The lowest BCUT2D eigenvalue weighted by molar-refractivity contribution is 0.191. The quantitative estimate of drug-likeness (QED) is 0.301. The Hall–Kier alpha value is -0.0400. The molecule has 4 nitrogen and oxygen atoms in total. The van der Waals surface area contributed by atoms with Crippen LogP contribution in [0.4, 0.5) is 0 Å². The molecule has 0 aromatic carbocycles. The van der Waals surface area contributed by atoms with Crippen LogP contribution >= 0.6 is 24.0 Å². The van der Waals surface area contributed by atoms with Crippen LogP contribution in [0.25, 0.3) is 0 Å². The van der Waals surface area contributed by atoms with Crippen molar-refractivity contribution in [1.29, 1.82) is 0 Å². The first kappa shape index (κ1) is 20.0. The number of halogens is 1. The van der Waals surface area contributed by atoms with Gasteiger partial charge in [-0.25, -0.2) is 0 Å². The van der Waals surface area contributed by atoms with Gasteiger partial charge >= 0.3 is 0 Å². The van der Waals surface area contributed by atoms with Gasteiger partial charge in [-0.05, 0) is 51.2 Å². The minimum Gasteiger partial charge on any atom is -0.356 e. The summed E-state index contributed by atoms with van der Waals surface area (Å²) in [5, 5.41) is 6.73. The highest BCUT2D eigenvalue weighted by atomic mass is 127. The van der Waals surface area contributed by atoms with E-state index in [0.29, 0.717) is 0 Å². The molecule has 0 radical (unpaired) electrons. The summed E-state index contributed by atoms with van der Waals surface area (Å²) in [6.45, 7) is 10.4. The zero-order valence-electron chi connectivity index (χ0n) is 13.5. The third-order valence-electron chi connectivity index (χ3n) is 3.87. The average molecular weight is 396 g/mol. The summed E-state index contributed by atoms with van der Waals surface area (Å²) in [4.78, 5) is 6.83. The summed E-state index contributed by atoms with van der Waals surface area (Å²) < 4.78 is 0. The molecule has 1 aliphatic heterocycles. The van der Waals surface area contributed by atoms with Gasteiger partial charge in [0.1, 0.15) is 0 Å². The van der Waals surface area contributed by atoms with Crippen LogP contribution in [0.5, 0.6) is 0 Å². The fourth-order valence-electron chi connectivity index (χ4n) is 2.40. The minimum atomic E-state index is 0. The summed E-state index contributed by atoms with van der Waals surface area (Å²) in [5.41, 5.74) is 0. The molecule has 1 rings (SSSR count). The zero-order chi connectivity index (χ0) is 13.9. The van der Waals surface area contributed by atoms with Crippen molar-refractivity contribution in [2.75, 3.05) is 39.8 Å². The molecule has 1 saturated heterocycles. The second-order valence-electron chi connectivity index (χ2n) is 5.66. The maximum atomic E-state index is 4.23. The number of hydrogen-bond donors (Lipinski definition) is 2. The molecule has 1 aliphatic rings. The maximum Gasteiger partial charge on any atom is 0.190 e. The van der Waals surface area contributed by atoms with Crippen LogP contribution in [0, 0.1) is 5.92 Å². The second-order valence-corrected chi connectivity index (χ2v) is 5.66. The van der Waals surface area contributed by atoms with Crippen molar-refractivity contribution >= 4 is 29.9 Å². The van der Waals surface area contributed by atoms with Gasteiger partial charge in [-0.2, -0.15) is 0 Å². The Labute approximate surface area is 142 Å². The van der Waals surface area contributed by atoms with Gasteiger partial charge in [0.2, 0.25) is 0 Å². The van der Waals surface area contributed by atoms with E-state index in [1.165, 1.54) is 51.7 Å². The average Bonchev–Trinajstić information content (AvgIpc) is 2.43. The van der Waals surface area contributed by atoms with E-state index < -0.39 is 0 Å². The van der Waals surface area contributed by atoms with Crippen molar-refractivity contribution in [2.24, 2.45) is 10.9 Å². The largest absolute Gasteiger partial charge is 0.356 e. The molecule has 0 saturated carbocycles. The number of guanidine groups is 1. The Morgan fingerprint density at radius 3 is 2.30 bits per heavy atom. The number of nitrogens with zero attached hydrogens (tertiary/aromatic N) is 2. The summed E-state index contributed by atoms with van der Waals surface area (Å²) in [6, 6.07) is 0. The van der Waals surface area contributed by atoms with Gasteiger partial charge in [0.15, 0.2) is 5.96 Å². The summed E-state index contributed by atoms with van der Waals surface area (Å²) in [7, 11) is 1.84. The number of nitrogens with one attached hydrogen (secondary N) is 2. The van der Waals surface area contributed by atoms with E-state index in [-0.39, 0.29) is 24.0 Å². The molecule has 0 amide bonds.